The molecule has 0 amide bonds. The Morgan fingerprint density at radius 3 is 2.67 bits per heavy atom. The van der Waals surface area contributed by atoms with Crippen LogP contribution in [0.2, 0.25) is 0 Å². The monoisotopic (exact) mass is 203 g/mol. The van der Waals surface area contributed by atoms with Crippen LogP contribution < -0.4 is 5.73 Å². The number of benzene rings is 1. The maximum absolute atomic E-state index is 10.7. The second kappa shape index (κ2) is 2.95. The molecule has 0 bridgehead atoms. The largest absolute Gasteiger partial charge is 0.393 e. The fourth-order valence-electron chi connectivity index (χ4n) is 1.59. The molecular formula is C10H9N3O2. The van der Waals surface area contributed by atoms with Crippen LogP contribution in [0.3, 0.4) is 0 Å². The van der Waals surface area contributed by atoms with E-state index in [0.717, 1.165) is 12.8 Å². The molecule has 0 unspecified atom stereocenters. The molecule has 5 heteroatoms. The molecule has 0 saturated heterocycles. The van der Waals surface area contributed by atoms with Crippen molar-refractivity contribution in [3.8, 4) is 6.07 Å². The van der Waals surface area contributed by atoms with Gasteiger partial charge >= 0.3 is 0 Å². The minimum Gasteiger partial charge on any atom is -0.393 e. The SMILES string of the molecule is N#CC1(c2ccc(N)c([N+](=O)[O-])c2)CC1. The molecule has 0 atom stereocenters. The lowest BCUT2D eigenvalue weighted by Gasteiger charge is -2.06. The molecule has 1 aliphatic carbocycles. The van der Waals surface area contributed by atoms with Gasteiger partial charge in [0.05, 0.1) is 16.4 Å². The Morgan fingerprint density at radius 2 is 2.20 bits per heavy atom. The molecule has 1 aromatic rings. The first-order valence-electron chi connectivity index (χ1n) is 4.55. The van der Waals surface area contributed by atoms with Crippen molar-refractivity contribution in [2.75, 3.05) is 5.73 Å². The van der Waals surface area contributed by atoms with Crippen molar-refractivity contribution in [1.82, 2.24) is 0 Å². The van der Waals surface area contributed by atoms with E-state index < -0.39 is 10.3 Å². The topological polar surface area (TPSA) is 93.0 Å². The van der Waals surface area contributed by atoms with E-state index in [4.69, 9.17) is 11.0 Å². The van der Waals surface area contributed by atoms with Crippen LogP contribution in [0, 0.1) is 21.4 Å². The van der Waals surface area contributed by atoms with Crippen molar-refractivity contribution >= 4 is 11.4 Å². The lowest BCUT2D eigenvalue weighted by molar-refractivity contribution is -0.384. The highest BCUT2D eigenvalue weighted by Gasteiger charge is 2.45. The highest BCUT2D eigenvalue weighted by molar-refractivity contribution is 5.61. The Hall–Kier alpha value is -2.09. The number of hydrogen-bond acceptors (Lipinski definition) is 4. The van der Waals surface area contributed by atoms with Gasteiger partial charge in [0.25, 0.3) is 5.69 Å². The Bertz CT molecular complexity index is 472. The van der Waals surface area contributed by atoms with Crippen LogP contribution in [0.15, 0.2) is 18.2 Å². The summed E-state index contributed by atoms with van der Waals surface area (Å²) in [6.07, 6.45) is 1.54. The van der Waals surface area contributed by atoms with E-state index in [1.54, 1.807) is 6.07 Å². The molecular weight excluding hydrogens is 194 g/mol. The zero-order valence-electron chi connectivity index (χ0n) is 7.93. The van der Waals surface area contributed by atoms with Gasteiger partial charge in [-0.1, -0.05) is 6.07 Å². The van der Waals surface area contributed by atoms with E-state index in [9.17, 15) is 10.1 Å². The number of nitro groups is 1. The van der Waals surface area contributed by atoms with Crippen LogP contribution in [0.25, 0.3) is 0 Å². The average molecular weight is 203 g/mol. The predicted octanol–water partition coefficient (Wildman–Crippen LogP) is 1.73. The Kier molecular flexibility index (Phi) is 1.86. The molecule has 0 heterocycles. The van der Waals surface area contributed by atoms with Gasteiger partial charge in [-0.25, -0.2) is 0 Å². The summed E-state index contributed by atoms with van der Waals surface area (Å²) in [5, 5.41) is 19.6. The summed E-state index contributed by atoms with van der Waals surface area (Å²) in [6.45, 7) is 0. The number of nitriles is 1. The number of hydrogen-bond donors (Lipinski definition) is 1. The smallest absolute Gasteiger partial charge is 0.292 e. The van der Waals surface area contributed by atoms with E-state index >= 15 is 0 Å². The Labute approximate surface area is 86.3 Å². The van der Waals surface area contributed by atoms with Crippen LogP contribution in [0.1, 0.15) is 18.4 Å². The number of anilines is 1. The van der Waals surface area contributed by atoms with Crippen molar-refractivity contribution < 1.29 is 4.92 Å². The van der Waals surface area contributed by atoms with Gasteiger partial charge < -0.3 is 5.73 Å². The van der Waals surface area contributed by atoms with Crippen molar-refractivity contribution in [3.63, 3.8) is 0 Å². The fraction of sp³-hybridized carbons (Fsp3) is 0.300. The van der Waals surface area contributed by atoms with E-state index in [2.05, 4.69) is 6.07 Å². The highest BCUT2D eigenvalue weighted by Crippen LogP contribution is 2.48. The predicted molar refractivity (Wildman–Crippen MR) is 54.0 cm³/mol. The van der Waals surface area contributed by atoms with Crippen LogP contribution >= 0.6 is 0 Å². The van der Waals surface area contributed by atoms with Gasteiger partial charge in [0.1, 0.15) is 5.69 Å². The molecule has 1 saturated carbocycles. The van der Waals surface area contributed by atoms with Gasteiger partial charge in [0, 0.05) is 6.07 Å². The third kappa shape index (κ3) is 1.40. The summed E-state index contributed by atoms with van der Waals surface area (Å²) in [4.78, 5) is 10.1. The summed E-state index contributed by atoms with van der Waals surface area (Å²) in [7, 11) is 0. The average Bonchev–Trinajstić information content (AvgIpc) is 2.99. The van der Waals surface area contributed by atoms with E-state index in [0.29, 0.717) is 5.56 Å². The van der Waals surface area contributed by atoms with Gasteiger partial charge in [-0.2, -0.15) is 5.26 Å². The van der Waals surface area contributed by atoms with Crippen LogP contribution in [-0.2, 0) is 5.41 Å². The van der Waals surface area contributed by atoms with Gasteiger partial charge in [0.15, 0.2) is 0 Å². The first kappa shape index (κ1) is 9.46. The maximum Gasteiger partial charge on any atom is 0.292 e. The number of nitrogen functional groups attached to an aromatic ring is 1. The normalized spacial score (nSPS) is 16.7. The van der Waals surface area contributed by atoms with E-state index in [-0.39, 0.29) is 11.4 Å². The van der Waals surface area contributed by atoms with Crippen LogP contribution in [-0.4, -0.2) is 4.92 Å². The highest BCUT2D eigenvalue weighted by atomic mass is 16.6. The number of nitrogens with zero attached hydrogens (tertiary/aromatic N) is 2. The minimum absolute atomic E-state index is 0.117. The lowest BCUT2D eigenvalue weighted by atomic mass is 9.97. The summed E-state index contributed by atoms with van der Waals surface area (Å²) in [5.74, 6) is 0. The van der Waals surface area contributed by atoms with E-state index in [1.807, 2.05) is 0 Å². The first-order valence-corrected chi connectivity index (χ1v) is 4.55. The lowest BCUT2D eigenvalue weighted by Crippen LogP contribution is -2.04. The molecule has 1 aromatic carbocycles. The molecule has 0 aliphatic heterocycles. The zero-order chi connectivity index (χ0) is 11.1. The van der Waals surface area contributed by atoms with Crippen molar-refractivity contribution in [2.45, 2.75) is 18.3 Å². The second-order valence-electron chi connectivity index (χ2n) is 3.72. The molecule has 0 spiro atoms. The third-order valence-corrected chi connectivity index (χ3v) is 2.74. The fourth-order valence-corrected chi connectivity index (χ4v) is 1.59. The molecule has 15 heavy (non-hydrogen) atoms. The second-order valence-corrected chi connectivity index (χ2v) is 3.72. The van der Waals surface area contributed by atoms with Crippen molar-refractivity contribution in [3.05, 3.63) is 33.9 Å². The molecule has 1 aliphatic rings. The molecule has 0 radical (unpaired) electrons. The van der Waals surface area contributed by atoms with Gasteiger partial charge in [0.2, 0.25) is 0 Å². The molecule has 2 N–H and O–H groups in total. The van der Waals surface area contributed by atoms with Crippen molar-refractivity contribution in [2.24, 2.45) is 0 Å². The molecule has 5 nitrogen and oxygen atoms in total. The van der Waals surface area contributed by atoms with Crippen LogP contribution in [0.5, 0.6) is 0 Å². The summed E-state index contributed by atoms with van der Waals surface area (Å²) in [5.41, 5.74) is 5.69. The molecule has 1 fully saturated rings. The van der Waals surface area contributed by atoms with Gasteiger partial charge in [-0.3, -0.25) is 10.1 Å². The molecule has 0 aromatic heterocycles. The molecule has 2 rings (SSSR count). The van der Waals surface area contributed by atoms with E-state index in [1.165, 1.54) is 12.1 Å². The number of nitrogens with two attached hydrogens (primary N) is 1. The van der Waals surface area contributed by atoms with Gasteiger partial charge in [-0.05, 0) is 24.5 Å². The Morgan fingerprint density at radius 1 is 1.53 bits per heavy atom. The molecule has 76 valence electrons. The summed E-state index contributed by atoms with van der Waals surface area (Å²) < 4.78 is 0. The van der Waals surface area contributed by atoms with Crippen molar-refractivity contribution in [1.29, 1.82) is 5.26 Å². The number of rotatable bonds is 2. The first-order chi connectivity index (χ1) is 7.09. The van der Waals surface area contributed by atoms with Gasteiger partial charge in [-0.15, -0.1) is 0 Å². The zero-order valence-corrected chi connectivity index (χ0v) is 7.93. The maximum atomic E-state index is 10.7. The Balaban J connectivity index is 2.49. The minimum atomic E-state index is -0.522. The summed E-state index contributed by atoms with van der Waals surface area (Å²) >= 11 is 0. The standard InChI is InChI=1S/C10H9N3O2/c11-6-10(3-4-10)7-1-2-8(12)9(5-7)13(14)15/h1-2,5H,3-4,12H2. The summed E-state index contributed by atoms with van der Waals surface area (Å²) in [6, 6.07) is 6.78. The number of nitro benzene ring substituents is 1. The third-order valence-electron chi connectivity index (χ3n) is 2.74. The quantitative estimate of drug-likeness (QED) is 0.450. The van der Waals surface area contributed by atoms with Crippen LogP contribution in [0.4, 0.5) is 11.4 Å².